The highest BCUT2D eigenvalue weighted by Crippen LogP contribution is 2.30. The van der Waals surface area contributed by atoms with Crippen molar-refractivity contribution in [3.05, 3.63) is 54.3 Å². The smallest absolute Gasteiger partial charge is 0.261 e. The largest absolute Gasteiger partial charge is 0.486 e. The molecule has 6 heteroatoms. The molecule has 3 rings (SSSR count). The lowest BCUT2D eigenvalue weighted by Gasteiger charge is -2.27. The second kappa shape index (κ2) is 7.88. The lowest BCUT2D eigenvalue weighted by Crippen LogP contribution is -2.45. The van der Waals surface area contributed by atoms with Crippen LogP contribution in [0, 0.1) is 5.82 Å². The number of para-hydroxylation sites is 3. The Morgan fingerprint density at radius 3 is 2.72 bits per heavy atom. The monoisotopic (exact) mass is 345 g/mol. The Morgan fingerprint density at radius 2 is 1.96 bits per heavy atom. The number of fused-ring (bicyclic) bond motifs is 1. The molecule has 1 aliphatic heterocycles. The zero-order chi connectivity index (χ0) is 17.6. The predicted molar refractivity (Wildman–Crippen MR) is 90.5 cm³/mol. The molecule has 2 aromatic rings. The van der Waals surface area contributed by atoms with E-state index in [1.54, 1.807) is 12.1 Å². The van der Waals surface area contributed by atoms with E-state index < -0.39 is 11.9 Å². The number of amides is 1. The van der Waals surface area contributed by atoms with Crippen molar-refractivity contribution < 1.29 is 23.4 Å². The molecule has 1 heterocycles. The topological polar surface area (TPSA) is 56.8 Å². The van der Waals surface area contributed by atoms with Crippen molar-refractivity contribution in [2.24, 2.45) is 0 Å². The average Bonchev–Trinajstić information content (AvgIpc) is 2.65. The number of halogens is 1. The fourth-order valence-corrected chi connectivity index (χ4v) is 2.51. The van der Waals surface area contributed by atoms with Crippen LogP contribution in [0.15, 0.2) is 48.5 Å². The van der Waals surface area contributed by atoms with Crippen LogP contribution in [-0.4, -0.2) is 31.3 Å². The van der Waals surface area contributed by atoms with E-state index in [1.807, 2.05) is 31.2 Å². The van der Waals surface area contributed by atoms with Gasteiger partial charge in [-0.1, -0.05) is 31.2 Å². The molecule has 0 bridgehead atoms. The van der Waals surface area contributed by atoms with Gasteiger partial charge in [0.25, 0.3) is 5.91 Å². The summed E-state index contributed by atoms with van der Waals surface area (Å²) in [7, 11) is 0. The van der Waals surface area contributed by atoms with Gasteiger partial charge < -0.3 is 19.5 Å². The van der Waals surface area contributed by atoms with Gasteiger partial charge in [-0.15, -0.1) is 0 Å². The molecule has 1 aliphatic rings. The van der Waals surface area contributed by atoms with Gasteiger partial charge in [0, 0.05) is 0 Å². The standard InChI is InChI=1S/C19H20FNO4/c1-2-15(25-16-8-4-3-7-14(16)20)19(22)21-11-13-12-23-17-9-5-6-10-18(17)24-13/h3-10,13,15H,2,11-12H2,1H3,(H,21,22)/t13-,15+/m1/s1. The Balaban J connectivity index is 1.54. The molecule has 132 valence electrons. The molecule has 0 radical (unpaired) electrons. The molecule has 0 aromatic heterocycles. The third-order valence-electron chi connectivity index (χ3n) is 3.84. The Bertz CT molecular complexity index is 737. The van der Waals surface area contributed by atoms with Crippen molar-refractivity contribution in [1.29, 1.82) is 0 Å². The first-order chi connectivity index (χ1) is 12.2. The minimum absolute atomic E-state index is 0.0654. The number of nitrogens with one attached hydrogen (secondary N) is 1. The fraction of sp³-hybridized carbons (Fsp3) is 0.316. The summed E-state index contributed by atoms with van der Waals surface area (Å²) < 4.78 is 30.6. The summed E-state index contributed by atoms with van der Waals surface area (Å²) in [5.74, 6) is 0.611. The molecule has 2 aromatic carbocycles. The van der Waals surface area contributed by atoms with Crippen LogP contribution in [0.1, 0.15) is 13.3 Å². The van der Waals surface area contributed by atoms with Gasteiger partial charge >= 0.3 is 0 Å². The summed E-state index contributed by atoms with van der Waals surface area (Å²) in [6, 6.07) is 13.4. The molecule has 1 amide bonds. The first-order valence-corrected chi connectivity index (χ1v) is 8.24. The number of hydrogen-bond donors (Lipinski definition) is 1. The predicted octanol–water partition coefficient (Wildman–Crippen LogP) is 2.94. The maximum absolute atomic E-state index is 13.7. The van der Waals surface area contributed by atoms with Crippen molar-refractivity contribution in [1.82, 2.24) is 5.32 Å². The van der Waals surface area contributed by atoms with E-state index in [9.17, 15) is 9.18 Å². The van der Waals surface area contributed by atoms with E-state index in [0.717, 1.165) is 0 Å². The lowest BCUT2D eigenvalue weighted by atomic mass is 10.2. The maximum Gasteiger partial charge on any atom is 0.261 e. The molecule has 5 nitrogen and oxygen atoms in total. The maximum atomic E-state index is 13.7. The summed E-state index contributed by atoms with van der Waals surface area (Å²) in [6.45, 7) is 2.44. The van der Waals surface area contributed by atoms with Crippen molar-refractivity contribution in [3.8, 4) is 17.2 Å². The van der Waals surface area contributed by atoms with Crippen LogP contribution in [0.3, 0.4) is 0 Å². The lowest BCUT2D eigenvalue weighted by molar-refractivity contribution is -0.128. The molecule has 0 spiro atoms. The molecule has 0 saturated carbocycles. The molecule has 0 saturated heterocycles. The molecule has 0 fully saturated rings. The number of carbonyl (C=O) groups excluding carboxylic acids is 1. The Morgan fingerprint density at radius 1 is 1.24 bits per heavy atom. The summed E-state index contributed by atoms with van der Waals surface area (Å²) in [5.41, 5.74) is 0. The van der Waals surface area contributed by atoms with E-state index in [4.69, 9.17) is 14.2 Å². The minimum atomic E-state index is -0.770. The van der Waals surface area contributed by atoms with Crippen LogP contribution >= 0.6 is 0 Å². The van der Waals surface area contributed by atoms with Gasteiger partial charge in [0.05, 0.1) is 6.54 Å². The zero-order valence-corrected chi connectivity index (χ0v) is 13.9. The van der Waals surface area contributed by atoms with Gasteiger partial charge in [-0.05, 0) is 30.7 Å². The van der Waals surface area contributed by atoms with E-state index in [1.165, 1.54) is 12.1 Å². The van der Waals surface area contributed by atoms with Gasteiger partial charge in [0.1, 0.15) is 12.7 Å². The first-order valence-electron chi connectivity index (χ1n) is 8.24. The van der Waals surface area contributed by atoms with Crippen molar-refractivity contribution in [3.63, 3.8) is 0 Å². The van der Waals surface area contributed by atoms with Gasteiger partial charge in [0.15, 0.2) is 29.2 Å². The molecule has 2 atom stereocenters. The normalized spacial score (nSPS) is 16.8. The van der Waals surface area contributed by atoms with E-state index in [-0.39, 0.29) is 24.3 Å². The van der Waals surface area contributed by atoms with Crippen LogP contribution in [0.5, 0.6) is 17.2 Å². The van der Waals surface area contributed by atoms with Crippen LogP contribution in [0.4, 0.5) is 4.39 Å². The van der Waals surface area contributed by atoms with Crippen LogP contribution in [-0.2, 0) is 4.79 Å². The van der Waals surface area contributed by atoms with Crippen LogP contribution < -0.4 is 19.5 Å². The fourth-order valence-electron chi connectivity index (χ4n) is 2.51. The van der Waals surface area contributed by atoms with Gasteiger partial charge in [-0.25, -0.2) is 4.39 Å². The highest BCUT2D eigenvalue weighted by Gasteiger charge is 2.24. The summed E-state index contributed by atoms with van der Waals surface area (Å²) >= 11 is 0. The number of ether oxygens (including phenoxy) is 3. The van der Waals surface area contributed by atoms with Crippen molar-refractivity contribution >= 4 is 5.91 Å². The zero-order valence-electron chi connectivity index (χ0n) is 13.9. The molecule has 0 unspecified atom stereocenters. The van der Waals surface area contributed by atoms with E-state index >= 15 is 0 Å². The molecule has 0 aliphatic carbocycles. The van der Waals surface area contributed by atoms with Crippen LogP contribution in [0.2, 0.25) is 0 Å². The molecular weight excluding hydrogens is 325 g/mol. The molecular formula is C19H20FNO4. The number of carbonyl (C=O) groups is 1. The third kappa shape index (κ3) is 4.21. The highest BCUT2D eigenvalue weighted by atomic mass is 19.1. The highest BCUT2D eigenvalue weighted by molar-refractivity contribution is 5.81. The Labute approximate surface area is 145 Å². The summed E-state index contributed by atoms with van der Waals surface area (Å²) in [5, 5.41) is 2.78. The molecule has 1 N–H and O–H groups in total. The number of benzene rings is 2. The quantitative estimate of drug-likeness (QED) is 0.875. The number of hydrogen-bond acceptors (Lipinski definition) is 4. The van der Waals surface area contributed by atoms with E-state index in [2.05, 4.69) is 5.32 Å². The second-order valence-corrected chi connectivity index (χ2v) is 5.69. The molecule has 25 heavy (non-hydrogen) atoms. The second-order valence-electron chi connectivity index (χ2n) is 5.69. The van der Waals surface area contributed by atoms with Crippen molar-refractivity contribution in [2.45, 2.75) is 25.6 Å². The average molecular weight is 345 g/mol. The minimum Gasteiger partial charge on any atom is -0.486 e. The Kier molecular flexibility index (Phi) is 5.38. The van der Waals surface area contributed by atoms with E-state index in [0.29, 0.717) is 24.5 Å². The Hall–Kier alpha value is -2.76. The van der Waals surface area contributed by atoms with Crippen LogP contribution in [0.25, 0.3) is 0 Å². The van der Waals surface area contributed by atoms with Gasteiger partial charge in [-0.2, -0.15) is 0 Å². The third-order valence-corrected chi connectivity index (χ3v) is 3.84. The number of rotatable bonds is 6. The SMILES string of the molecule is CC[C@H](Oc1ccccc1F)C(=O)NC[C@@H]1COc2ccccc2O1. The van der Waals surface area contributed by atoms with Gasteiger partial charge in [-0.3, -0.25) is 4.79 Å². The van der Waals surface area contributed by atoms with Crippen molar-refractivity contribution in [2.75, 3.05) is 13.2 Å². The first kappa shape index (κ1) is 17.1. The summed E-state index contributed by atoms with van der Waals surface area (Å²) in [4.78, 5) is 12.3. The van der Waals surface area contributed by atoms with Gasteiger partial charge in [0.2, 0.25) is 0 Å². The summed E-state index contributed by atoms with van der Waals surface area (Å²) in [6.07, 6.45) is -0.635.